The summed E-state index contributed by atoms with van der Waals surface area (Å²) in [6.45, 7) is 3.35. The molecule has 1 aliphatic rings. The number of urea groups is 1. The van der Waals surface area contributed by atoms with Crippen LogP contribution in [-0.2, 0) is 11.3 Å². The average Bonchev–Trinajstić information content (AvgIpc) is 2.80. The molecule has 10 nitrogen and oxygen atoms in total. The van der Waals surface area contributed by atoms with Gasteiger partial charge >= 0.3 is 6.03 Å². The van der Waals surface area contributed by atoms with E-state index in [4.69, 9.17) is 0 Å². The molecule has 0 spiro atoms. The first-order valence-corrected chi connectivity index (χ1v) is 9.70. The number of phenolic OH excluding ortho intramolecular Hbond substituents is 2. The SMILES string of the molecule is C=CC(=O)Nc1ccccc1Nc1ncc2c(n1)N(C)C(=O)N(c1cc(O)cc(O)c1F)C2. The van der Waals surface area contributed by atoms with Crippen LogP contribution in [0.25, 0.3) is 0 Å². The van der Waals surface area contributed by atoms with Crippen LogP contribution in [0.5, 0.6) is 11.5 Å². The van der Waals surface area contributed by atoms with Gasteiger partial charge in [0.05, 0.1) is 23.6 Å². The van der Waals surface area contributed by atoms with Gasteiger partial charge in [-0.3, -0.25) is 14.6 Å². The normalized spacial score (nSPS) is 12.8. The summed E-state index contributed by atoms with van der Waals surface area (Å²) in [5.74, 6) is -2.11. The van der Waals surface area contributed by atoms with Crippen molar-refractivity contribution in [3.05, 3.63) is 66.6 Å². The quantitative estimate of drug-likeness (QED) is 0.438. The van der Waals surface area contributed by atoms with E-state index < -0.39 is 17.6 Å². The van der Waals surface area contributed by atoms with E-state index in [1.807, 2.05) is 0 Å². The number of nitrogens with one attached hydrogen (secondary N) is 2. The molecule has 168 valence electrons. The molecule has 1 aromatic heterocycles. The van der Waals surface area contributed by atoms with Gasteiger partial charge in [0.2, 0.25) is 11.9 Å². The molecule has 4 N–H and O–H groups in total. The number of anilines is 5. The van der Waals surface area contributed by atoms with Crippen molar-refractivity contribution in [3.63, 3.8) is 0 Å². The van der Waals surface area contributed by atoms with Crippen LogP contribution >= 0.6 is 0 Å². The molecule has 0 unspecified atom stereocenters. The highest BCUT2D eigenvalue weighted by Gasteiger charge is 2.33. The highest BCUT2D eigenvalue weighted by atomic mass is 19.1. The van der Waals surface area contributed by atoms with Gasteiger partial charge in [-0.05, 0) is 18.2 Å². The predicted molar refractivity (Wildman–Crippen MR) is 120 cm³/mol. The largest absolute Gasteiger partial charge is 0.508 e. The molecule has 4 rings (SSSR count). The Morgan fingerprint density at radius 2 is 1.97 bits per heavy atom. The van der Waals surface area contributed by atoms with Crippen molar-refractivity contribution >= 4 is 40.8 Å². The minimum Gasteiger partial charge on any atom is -0.508 e. The van der Waals surface area contributed by atoms with Gasteiger partial charge in [0.15, 0.2) is 11.6 Å². The molecule has 3 aromatic rings. The van der Waals surface area contributed by atoms with Gasteiger partial charge in [-0.25, -0.2) is 14.2 Å². The predicted octanol–water partition coefficient (Wildman–Crippen LogP) is 3.47. The highest BCUT2D eigenvalue weighted by Crippen LogP contribution is 2.36. The van der Waals surface area contributed by atoms with Crippen LogP contribution in [0.2, 0.25) is 0 Å². The number of aromatic nitrogens is 2. The maximum absolute atomic E-state index is 14.5. The summed E-state index contributed by atoms with van der Waals surface area (Å²) in [4.78, 5) is 35.5. The number of carbonyl (C=O) groups is 2. The molecule has 2 heterocycles. The number of halogens is 1. The van der Waals surface area contributed by atoms with Gasteiger partial charge in [0, 0.05) is 30.9 Å². The van der Waals surface area contributed by atoms with Crippen LogP contribution in [0.1, 0.15) is 5.56 Å². The Kier molecular flexibility index (Phi) is 5.53. The molecule has 3 amide bonds. The Morgan fingerprint density at radius 1 is 1.24 bits per heavy atom. The third kappa shape index (κ3) is 4.11. The van der Waals surface area contributed by atoms with E-state index in [1.54, 1.807) is 24.3 Å². The summed E-state index contributed by atoms with van der Waals surface area (Å²) in [6, 6.07) is 8.20. The lowest BCUT2D eigenvalue weighted by Gasteiger charge is -2.34. The number of aromatic hydroxyl groups is 2. The fourth-order valence-electron chi connectivity index (χ4n) is 3.34. The first kappa shape index (κ1) is 21.6. The number of benzene rings is 2. The monoisotopic (exact) mass is 450 g/mol. The second kappa shape index (κ2) is 8.46. The first-order valence-electron chi connectivity index (χ1n) is 9.70. The third-order valence-corrected chi connectivity index (χ3v) is 4.93. The summed E-state index contributed by atoms with van der Waals surface area (Å²) in [6.07, 6.45) is 2.62. The molecule has 33 heavy (non-hydrogen) atoms. The summed E-state index contributed by atoms with van der Waals surface area (Å²) in [7, 11) is 1.46. The van der Waals surface area contributed by atoms with E-state index in [9.17, 15) is 24.2 Å². The molecular formula is C22H19FN6O4. The zero-order valence-electron chi connectivity index (χ0n) is 17.4. The smallest absolute Gasteiger partial charge is 0.330 e. The van der Waals surface area contributed by atoms with Gasteiger partial charge in [-0.2, -0.15) is 4.98 Å². The van der Waals surface area contributed by atoms with Crippen molar-refractivity contribution in [3.8, 4) is 11.5 Å². The molecule has 0 saturated heterocycles. The molecule has 0 radical (unpaired) electrons. The van der Waals surface area contributed by atoms with Crippen molar-refractivity contribution in [2.75, 3.05) is 27.5 Å². The minimum atomic E-state index is -1.03. The second-order valence-electron chi connectivity index (χ2n) is 7.13. The molecule has 0 fully saturated rings. The summed E-state index contributed by atoms with van der Waals surface area (Å²) in [5, 5.41) is 25.1. The zero-order valence-corrected chi connectivity index (χ0v) is 17.4. The maximum Gasteiger partial charge on any atom is 0.330 e. The van der Waals surface area contributed by atoms with E-state index in [2.05, 4.69) is 27.2 Å². The molecule has 1 aliphatic heterocycles. The third-order valence-electron chi connectivity index (χ3n) is 4.93. The standard InChI is InChI=1S/C22H19FN6O4/c1-3-18(32)25-14-6-4-5-7-15(14)26-21-24-10-12-11-29(22(33)28(2)20(12)27-21)16-8-13(30)9-17(31)19(16)23/h3-10,30-31H,1,11H2,2H3,(H,25,32)(H,24,26,27). The Hall–Kier alpha value is -4.67. The number of phenols is 2. The highest BCUT2D eigenvalue weighted by molar-refractivity contribution is 6.05. The van der Waals surface area contributed by atoms with E-state index in [-0.39, 0.29) is 29.8 Å². The van der Waals surface area contributed by atoms with Crippen molar-refractivity contribution in [1.29, 1.82) is 0 Å². The number of rotatable bonds is 5. The zero-order chi connectivity index (χ0) is 23.7. The van der Waals surface area contributed by atoms with Gasteiger partial charge in [-0.15, -0.1) is 0 Å². The number of para-hydroxylation sites is 2. The van der Waals surface area contributed by atoms with E-state index in [1.165, 1.54) is 18.1 Å². The number of nitrogens with zero attached hydrogens (tertiary/aromatic N) is 4. The summed E-state index contributed by atoms with van der Waals surface area (Å²) < 4.78 is 14.5. The number of hydrogen-bond acceptors (Lipinski definition) is 7. The Bertz CT molecular complexity index is 1280. The van der Waals surface area contributed by atoms with Crippen molar-refractivity contribution in [2.24, 2.45) is 0 Å². The number of hydrogen-bond donors (Lipinski definition) is 4. The molecule has 2 aromatic carbocycles. The lowest BCUT2D eigenvalue weighted by Crippen LogP contribution is -2.46. The van der Waals surface area contributed by atoms with Crippen molar-refractivity contribution < 1.29 is 24.2 Å². The maximum atomic E-state index is 14.5. The fraction of sp³-hybridized carbons (Fsp3) is 0.0909. The number of carbonyl (C=O) groups excluding carboxylic acids is 2. The van der Waals surface area contributed by atoms with Gasteiger partial charge in [0.25, 0.3) is 0 Å². The van der Waals surface area contributed by atoms with E-state index in [0.29, 0.717) is 22.8 Å². The van der Waals surface area contributed by atoms with Gasteiger partial charge in [-0.1, -0.05) is 18.7 Å². The van der Waals surface area contributed by atoms with Crippen LogP contribution < -0.4 is 20.4 Å². The molecule has 0 aliphatic carbocycles. The van der Waals surface area contributed by atoms with Crippen molar-refractivity contribution in [1.82, 2.24) is 9.97 Å². The summed E-state index contributed by atoms with van der Waals surface area (Å²) >= 11 is 0. The Balaban J connectivity index is 1.64. The molecule has 0 bridgehead atoms. The first-order chi connectivity index (χ1) is 15.8. The van der Waals surface area contributed by atoms with Crippen LogP contribution in [0.15, 0.2) is 55.3 Å². The van der Waals surface area contributed by atoms with Crippen LogP contribution in [-0.4, -0.2) is 39.2 Å². The van der Waals surface area contributed by atoms with Crippen molar-refractivity contribution in [2.45, 2.75) is 6.54 Å². The average molecular weight is 450 g/mol. The Morgan fingerprint density at radius 3 is 2.70 bits per heavy atom. The lowest BCUT2D eigenvalue weighted by molar-refractivity contribution is -0.111. The topological polar surface area (TPSA) is 131 Å². The molecule has 11 heteroatoms. The number of fused-ring (bicyclic) bond motifs is 1. The van der Waals surface area contributed by atoms with Crippen LogP contribution in [0, 0.1) is 5.82 Å². The van der Waals surface area contributed by atoms with E-state index >= 15 is 0 Å². The van der Waals surface area contributed by atoms with Crippen LogP contribution in [0.4, 0.5) is 38.0 Å². The van der Waals surface area contributed by atoms with Gasteiger partial charge < -0.3 is 20.8 Å². The van der Waals surface area contributed by atoms with Crippen LogP contribution in [0.3, 0.4) is 0 Å². The number of amides is 3. The Labute approximate surface area is 187 Å². The molecule has 0 saturated carbocycles. The fourth-order valence-corrected chi connectivity index (χ4v) is 3.34. The lowest BCUT2D eigenvalue weighted by atomic mass is 10.1. The van der Waals surface area contributed by atoms with Gasteiger partial charge in [0.1, 0.15) is 11.6 Å². The molecule has 0 atom stereocenters. The van der Waals surface area contributed by atoms with E-state index in [0.717, 1.165) is 23.1 Å². The minimum absolute atomic E-state index is 0.0788. The summed E-state index contributed by atoms with van der Waals surface area (Å²) in [5.41, 5.74) is 1.25. The second-order valence-corrected chi connectivity index (χ2v) is 7.13. The molecular weight excluding hydrogens is 431 g/mol.